The first-order valence-electron chi connectivity index (χ1n) is 8.13. The van der Waals surface area contributed by atoms with Crippen LogP contribution in [0.4, 0.5) is 4.39 Å². The van der Waals surface area contributed by atoms with Crippen LogP contribution in [-0.4, -0.2) is 38.8 Å². The number of nitrogens with one attached hydrogen (secondary N) is 1. The topological polar surface area (TPSA) is 75.7 Å². The van der Waals surface area contributed by atoms with Gasteiger partial charge in [-0.2, -0.15) is 4.31 Å². The highest BCUT2D eigenvalue weighted by Crippen LogP contribution is 2.19. The molecular formula is C19H21FN2O4S. The number of hydrogen-bond donors (Lipinski definition) is 1. The highest BCUT2D eigenvalue weighted by atomic mass is 32.2. The van der Waals surface area contributed by atoms with Crippen LogP contribution < -0.4 is 10.1 Å². The molecule has 0 aromatic heterocycles. The van der Waals surface area contributed by atoms with E-state index in [0.717, 1.165) is 4.31 Å². The summed E-state index contributed by atoms with van der Waals surface area (Å²) in [5, 5.41) is 2.63. The van der Waals surface area contributed by atoms with Crippen LogP contribution in [0.5, 0.6) is 5.75 Å². The summed E-state index contributed by atoms with van der Waals surface area (Å²) >= 11 is 0. The van der Waals surface area contributed by atoms with Gasteiger partial charge >= 0.3 is 0 Å². The van der Waals surface area contributed by atoms with Crippen LogP contribution in [0.2, 0.25) is 0 Å². The van der Waals surface area contributed by atoms with Crippen LogP contribution in [0, 0.1) is 5.82 Å². The van der Waals surface area contributed by atoms with Crippen molar-refractivity contribution in [1.82, 2.24) is 9.62 Å². The van der Waals surface area contributed by atoms with E-state index in [9.17, 15) is 17.6 Å². The van der Waals surface area contributed by atoms with Crippen LogP contribution in [0.3, 0.4) is 0 Å². The standard InChI is InChI=1S/C19H21FN2O4S/c1-3-12-22(27(24,25)18-10-8-17(26-2)9-11-18)14-19(23)21-13-15-4-6-16(20)7-5-15/h3-11H,1,12-14H2,2H3,(H,21,23). The number of halogens is 1. The predicted molar refractivity (Wildman–Crippen MR) is 100 cm³/mol. The van der Waals surface area contributed by atoms with Gasteiger partial charge in [0.05, 0.1) is 18.6 Å². The van der Waals surface area contributed by atoms with Crippen LogP contribution in [0.1, 0.15) is 5.56 Å². The average molecular weight is 392 g/mol. The molecule has 1 amide bonds. The first-order chi connectivity index (χ1) is 12.9. The Hall–Kier alpha value is -2.71. The molecule has 6 nitrogen and oxygen atoms in total. The summed E-state index contributed by atoms with van der Waals surface area (Å²) in [5.41, 5.74) is 0.707. The van der Waals surface area contributed by atoms with Gasteiger partial charge in [0.2, 0.25) is 15.9 Å². The number of methoxy groups -OCH3 is 1. The predicted octanol–water partition coefficient (Wildman–Crippen LogP) is 2.33. The molecule has 0 bridgehead atoms. The van der Waals surface area contributed by atoms with Crippen molar-refractivity contribution < 1.29 is 22.3 Å². The van der Waals surface area contributed by atoms with Crippen molar-refractivity contribution in [2.45, 2.75) is 11.4 Å². The van der Waals surface area contributed by atoms with Gasteiger partial charge in [0.15, 0.2) is 0 Å². The first-order valence-corrected chi connectivity index (χ1v) is 9.57. The number of hydrogen-bond acceptors (Lipinski definition) is 4. The highest BCUT2D eigenvalue weighted by Gasteiger charge is 2.25. The minimum absolute atomic E-state index is 0.0155. The van der Waals surface area contributed by atoms with E-state index in [4.69, 9.17) is 4.74 Å². The second-order valence-corrected chi connectivity index (χ2v) is 7.60. The second-order valence-electron chi connectivity index (χ2n) is 5.66. The number of benzene rings is 2. The molecule has 8 heteroatoms. The fourth-order valence-electron chi connectivity index (χ4n) is 2.31. The largest absolute Gasteiger partial charge is 0.497 e. The molecule has 0 radical (unpaired) electrons. The summed E-state index contributed by atoms with van der Waals surface area (Å²) in [7, 11) is -2.39. The third-order valence-corrected chi connectivity index (χ3v) is 5.58. The maximum atomic E-state index is 12.9. The van der Waals surface area contributed by atoms with Crippen LogP contribution in [0.15, 0.2) is 66.1 Å². The molecule has 0 heterocycles. The van der Waals surface area contributed by atoms with Gasteiger partial charge in [-0.15, -0.1) is 6.58 Å². The van der Waals surface area contributed by atoms with Crippen LogP contribution >= 0.6 is 0 Å². The van der Waals surface area contributed by atoms with E-state index in [0.29, 0.717) is 11.3 Å². The van der Waals surface area contributed by atoms with Gasteiger partial charge in [0, 0.05) is 13.1 Å². The zero-order chi connectivity index (χ0) is 19.9. The van der Waals surface area contributed by atoms with Gasteiger partial charge < -0.3 is 10.1 Å². The van der Waals surface area contributed by atoms with E-state index in [-0.39, 0.29) is 30.3 Å². The lowest BCUT2D eigenvalue weighted by atomic mass is 10.2. The fraction of sp³-hybridized carbons (Fsp3) is 0.211. The third kappa shape index (κ3) is 5.63. The smallest absolute Gasteiger partial charge is 0.243 e. The number of rotatable bonds is 9. The summed E-state index contributed by atoms with van der Waals surface area (Å²) < 4.78 is 44.5. The highest BCUT2D eigenvalue weighted by molar-refractivity contribution is 7.89. The van der Waals surface area contributed by atoms with Crippen molar-refractivity contribution in [3.8, 4) is 5.75 Å². The molecule has 144 valence electrons. The summed E-state index contributed by atoms with van der Waals surface area (Å²) in [5.74, 6) is -0.313. The molecule has 27 heavy (non-hydrogen) atoms. The summed E-state index contributed by atoms with van der Waals surface area (Å²) in [6, 6.07) is 11.6. The molecule has 2 aromatic carbocycles. The Labute approximate surface area is 158 Å². The van der Waals surface area contributed by atoms with Gasteiger partial charge in [0.1, 0.15) is 11.6 Å². The molecule has 0 saturated carbocycles. The van der Waals surface area contributed by atoms with Gasteiger partial charge in [-0.05, 0) is 42.0 Å². The Morgan fingerprint density at radius 3 is 2.37 bits per heavy atom. The monoisotopic (exact) mass is 392 g/mol. The first kappa shape index (κ1) is 20.6. The Bertz CT molecular complexity index is 881. The number of amides is 1. The molecule has 0 saturated heterocycles. The van der Waals surface area contributed by atoms with Crippen molar-refractivity contribution in [3.63, 3.8) is 0 Å². The SMILES string of the molecule is C=CCN(CC(=O)NCc1ccc(F)cc1)S(=O)(=O)c1ccc(OC)cc1. The molecule has 0 aliphatic rings. The van der Waals surface area contributed by atoms with E-state index in [1.165, 1.54) is 49.6 Å². The van der Waals surface area contributed by atoms with E-state index >= 15 is 0 Å². The molecule has 2 aromatic rings. The summed E-state index contributed by atoms with van der Waals surface area (Å²) in [6.07, 6.45) is 1.41. The molecule has 0 spiro atoms. The Balaban J connectivity index is 2.07. The number of ether oxygens (including phenoxy) is 1. The Kier molecular flexibility index (Phi) is 7.09. The molecule has 0 unspecified atom stereocenters. The van der Waals surface area contributed by atoms with Crippen molar-refractivity contribution in [1.29, 1.82) is 0 Å². The lowest BCUT2D eigenvalue weighted by Crippen LogP contribution is -2.40. The van der Waals surface area contributed by atoms with Crippen LogP contribution in [-0.2, 0) is 21.4 Å². The Morgan fingerprint density at radius 1 is 1.19 bits per heavy atom. The van der Waals surface area contributed by atoms with E-state index in [2.05, 4.69) is 11.9 Å². The average Bonchev–Trinajstić information content (AvgIpc) is 2.67. The van der Waals surface area contributed by atoms with Crippen molar-refractivity contribution in [3.05, 3.63) is 72.6 Å². The second kappa shape index (κ2) is 9.29. The lowest BCUT2D eigenvalue weighted by Gasteiger charge is -2.20. The maximum Gasteiger partial charge on any atom is 0.243 e. The zero-order valence-corrected chi connectivity index (χ0v) is 15.7. The van der Waals surface area contributed by atoms with E-state index < -0.39 is 15.9 Å². The number of carbonyl (C=O) groups excluding carboxylic acids is 1. The van der Waals surface area contributed by atoms with Gasteiger partial charge in [-0.3, -0.25) is 4.79 Å². The molecule has 0 fully saturated rings. The van der Waals surface area contributed by atoms with Crippen molar-refractivity contribution in [2.24, 2.45) is 0 Å². The van der Waals surface area contributed by atoms with E-state index in [1.807, 2.05) is 0 Å². The molecule has 2 rings (SSSR count). The summed E-state index contributed by atoms with van der Waals surface area (Å²) in [6.45, 7) is 3.35. The summed E-state index contributed by atoms with van der Waals surface area (Å²) in [4.78, 5) is 12.3. The molecular weight excluding hydrogens is 371 g/mol. The van der Waals surface area contributed by atoms with Gasteiger partial charge in [-0.1, -0.05) is 18.2 Å². The molecule has 1 N–H and O–H groups in total. The normalized spacial score (nSPS) is 11.2. The third-order valence-electron chi connectivity index (χ3n) is 3.75. The van der Waals surface area contributed by atoms with Crippen molar-refractivity contribution in [2.75, 3.05) is 20.2 Å². The Morgan fingerprint density at radius 2 is 1.81 bits per heavy atom. The fourth-order valence-corrected chi connectivity index (χ4v) is 3.67. The minimum Gasteiger partial charge on any atom is -0.497 e. The lowest BCUT2D eigenvalue weighted by molar-refractivity contribution is -0.121. The maximum absolute atomic E-state index is 12.9. The zero-order valence-electron chi connectivity index (χ0n) is 14.9. The van der Waals surface area contributed by atoms with Gasteiger partial charge in [0.25, 0.3) is 0 Å². The van der Waals surface area contributed by atoms with Crippen LogP contribution in [0.25, 0.3) is 0 Å². The van der Waals surface area contributed by atoms with Crippen molar-refractivity contribution >= 4 is 15.9 Å². The molecule has 0 aliphatic heterocycles. The minimum atomic E-state index is -3.88. The van der Waals surface area contributed by atoms with E-state index in [1.54, 1.807) is 12.1 Å². The number of sulfonamides is 1. The number of nitrogens with zero attached hydrogens (tertiary/aromatic N) is 1. The molecule has 0 atom stereocenters. The molecule has 0 aliphatic carbocycles. The number of carbonyl (C=O) groups is 1. The quantitative estimate of drug-likeness (QED) is 0.665. The van der Waals surface area contributed by atoms with Gasteiger partial charge in [-0.25, -0.2) is 12.8 Å².